The molecule has 0 fully saturated rings. The summed E-state index contributed by atoms with van der Waals surface area (Å²) in [6, 6.07) is 15.7. The largest absolute Gasteiger partial charge is 0.463 e. The van der Waals surface area contributed by atoms with Gasteiger partial charge in [-0.2, -0.15) is 16.4 Å². The maximum atomic E-state index is 5.53. The van der Waals surface area contributed by atoms with Gasteiger partial charge < -0.3 is 4.42 Å². The van der Waals surface area contributed by atoms with Gasteiger partial charge >= 0.3 is 0 Å². The van der Waals surface area contributed by atoms with Crippen LogP contribution < -0.4 is 4.80 Å². The van der Waals surface area contributed by atoms with Gasteiger partial charge in [-0.25, -0.2) is 9.67 Å². The van der Waals surface area contributed by atoms with Gasteiger partial charge in [-0.05, 0) is 41.1 Å². The molecule has 4 nitrogen and oxygen atoms in total. The second-order valence-electron chi connectivity index (χ2n) is 4.94. The van der Waals surface area contributed by atoms with E-state index >= 15 is 0 Å². The van der Waals surface area contributed by atoms with Crippen molar-refractivity contribution < 1.29 is 4.42 Å². The number of thiophene rings is 1. The lowest BCUT2D eigenvalue weighted by Crippen LogP contribution is -2.11. The van der Waals surface area contributed by atoms with E-state index in [1.54, 1.807) is 17.6 Å². The van der Waals surface area contributed by atoms with Crippen LogP contribution in [0.1, 0.15) is 5.56 Å². The topological polar surface area (TPSA) is 42.8 Å². The number of thiazole rings is 1. The van der Waals surface area contributed by atoms with E-state index in [-0.39, 0.29) is 0 Å². The van der Waals surface area contributed by atoms with Gasteiger partial charge in [-0.3, -0.25) is 0 Å². The molecule has 6 heteroatoms. The summed E-state index contributed by atoms with van der Waals surface area (Å²) in [4.78, 5) is 5.49. The first-order chi connectivity index (χ1) is 11.9. The molecule has 4 aromatic rings. The van der Waals surface area contributed by atoms with Gasteiger partial charge in [0.25, 0.3) is 0 Å². The molecule has 0 N–H and O–H groups in total. The predicted molar refractivity (Wildman–Crippen MR) is 99.0 cm³/mol. The SMILES string of the molecule is C(=Nn1c(-c2ccco2)csc1=Nc1ccccc1)c1ccsc1. The zero-order valence-corrected chi connectivity index (χ0v) is 14.2. The second kappa shape index (κ2) is 6.82. The van der Waals surface area contributed by atoms with Crippen molar-refractivity contribution in [3.05, 3.63) is 81.3 Å². The lowest BCUT2D eigenvalue weighted by atomic mass is 10.3. The number of nitrogens with zero attached hydrogens (tertiary/aromatic N) is 3. The molecule has 0 radical (unpaired) electrons. The van der Waals surface area contributed by atoms with Gasteiger partial charge in [0.1, 0.15) is 5.69 Å². The standard InChI is InChI=1S/C18H13N3OS2/c1-2-5-15(6-3-1)20-18-21(19-11-14-8-10-23-12-14)16(13-24-18)17-7-4-9-22-17/h1-13H. The van der Waals surface area contributed by atoms with Crippen LogP contribution in [0.2, 0.25) is 0 Å². The number of para-hydroxylation sites is 1. The smallest absolute Gasteiger partial charge is 0.211 e. The van der Waals surface area contributed by atoms with E-state index < -0.39 is 0 Å². The highest BCUT2D eigenvalue weighted by molar-refractivity contribution is 7.08. The van der Waals surface area contributed by atoms with Crippen LogP contribution in [0.25, 0.3) is 11.5 Å². The van der Waals surface area contributed by atoms with Crippen LogP contribution in [0.4, 0.5) is 5.69 Å². The van der Waals surface area contributed by atoms with Gasteiger partial charge in [0, 0.05) is 10.9 Å². The number of aromatic nitrogens is 1. The average Bonchev–Trinajstić information content (AvgIpc) is 3.36. The Morgan fingerprint density at radius 1 is 1.00 bits per heavy atom. The molecule has 24 heavy (non-hydrogen) atoms. The highest BCUT2D eigenvalue weighted by Crippen LogP contribution is 2.21. The third kappa shape index (κ3) is 3.15. The lowest BCUT2D eigenvalue weighted by molar-refractivity contribution is 0.575. The van der Waals surface area contributed by atoms with Gasteiger partial charge in [-0.15, -0.1) is 11.3 Å². The predicted octanol–water partition coefficient (Wildman–Crippen LogP) is 4.99. The fourth-order valence-electron chi connectivity index (χ4n) is 2.17. The molecule has 1 aromatic carbocycles. The lowest BCUT2D eigenvalue weighted by Gasteiger charge is -2.00. The molecule has 118 valence electrons. The monoisotopic (exact) mass is 351 g/mol. The number of hydrogen-bond donors (Lipinski definition) is 0. The second-order valence-corrected chi connectivity index (χ2v) is 6.56. The third-order valence-corrected chi connectivity index (χ3v) is 4.82. The Balaban J connectivity index is 1.84. The molecular weight excluding hydrogens is 338 g/mol. The summed E-state index contributed by atoms with van der Waals surface area (Å²) in [6.45, 7) is 0. The summed E-state index contributed by atoms with van der Waals surface area (Å²) in [5.74, 6) is 0.767. The molecule has 0 saturated carbocycles. The van der Waals surface area contributed by atoms with Crippen LogP contribution in [0, 0.1) is 0 Å². The van der Waals surface area contributed by atoms with Crippen LogP contribution in [-0.2, 0) is 0 Å². The molecule has 0 aliphatic carbocycles. The Bertz CT molecular complexity index is 994. The molecule has 0 aliphatic heterocycles. The summed E-state index contributed by atoms with van der Waals surface area (Å²) in [6.07, 6.45) is 3.49. The van der Waals surface area contributed by atoms with Crippen LogP contribution in [0.5, 0.6) is 0 Å². The molecule has 0 atom stereocenters. The van der Waals surface area contributed by atoms with Crippen LogP contribution in [0.3, 0.4) is 0 Å². The fourth-order valence-corrected chi connectivity index (χ4v) is 3.62. The summed E-state index contributed by atoms with van der Waals surface area (Å²) in [5.41, 5.74) is 2.84. The van der Waals surface area contributed by atoms with E-state index in [9.17, 15) is 0 Å². The molecule has 0 amide bonds. The first-order valence-corrected chi connectivity index (χ1v) is 9.13. The van der Waals surface area contributed by atoms with Gasteiger partial charge in [-0.1, -0.05) is 18.2 Å². The van der Waals surface area contributed by atoms with E-state index in [1.807, 2.05) is 70.2 Å². The van der Waals surface area contributed by atoms with Crippen molar-refractivity contribution in [1.82, 2.24) is 4.68 Å². The molecule has 0 bridgehead atoms. The maximum Gasteiger partial charge on any atom is 0.211 e. The number of hydrogen-bond acceptors (Lipinski definition) is 5. The van der Waals surface area contributed by atoms with E-state index in [0.717, 1.165) is 27.5 Å². The van der Waals surface area contributed by atoms with Crippen molar-refractivity contribution in [2.45, 2.75) is 0 Å². The molecule has 0 aliphatic rings. The van der Waals surface area contributed by atoms with E-state index in [2.05, 4.69) is 10.5 Å². The zero-order valence-electron chi connectivity index (χ0n) is 12.6. The Kier molecular flexibility index (Phi) is 4.22. The quantitative estimate of drug-likeness (QED) is 0.478. The maximum absolute atomic E-state index is 5.53. The molecule has 0 unspecified atom stereocenters. The van der Waals surface area contributed by atoms with Crippen molar-refractivity contribution in [1.29, 1.82) is 0 Å². The van der Waals surface area contributed by atoms with Crippen molar-refractivity contribution in [3.8, 4) is 11.5 Å². The molecule has 3 aromatic heterocycles. The van der Waals surface area contributed by atoms with Gasteiger partial charge in [0.15, 0.2) is 5.76 Å². The summed E-state index contributed by atoms with van der Waals surface area (Å²) >= 11 is 3.18. The van der Waals surface area contributed by atoms with Crippen molar-refractivity contribution in [2.75, 3.05) is 0 Å². The molecule has 3 heterocycles. The number of rotatable bonds is 4. The molecular formula is C18H13N3OS2. The third-order valence-electron chi connectivity index (χ3n) is 3.31. The van der Waals surface area contributed by atoms with Crippen molar-refractivity contribution in [3.63, 3.8) is 0 Å². The molecule has 0 spiro atoms. The van der Waals surface area contributed by atoms with E-state index in [4.69, 9.17) is 9.41 Å². The molecule has 0 saturated heterocycles. The zero-order chi connectivity index (χ0) is 16.2. The first kappa shape index (κ1) is 14.9. The van der Waals surface area contributed by atoms with Crippen LogP contribution >= 0.6 is 22.7 Å². The first-order valence-electron chi connectivity index (χ1n) is 7.31. The Hall–Kier alpha value is -2.70. The summed E-state index contributed by atoms with van der Waals surface area (Å²) in [7, 11) is 0. The minimum Gasteiger partial charge on any atom is -0.463 e. The highest BCUT2D eigenvalue weighted by Gasteiger charge is 2.09. The van der Waals surface area contributed by atoms with E-state index in [0.29, 0.717) is 0 Å². The van der Waals surface area contributed by atoms with Gasteiger partial charge in [0.05, 0.1) is 18.2 Å². The highest BCUT2D eigenvalue weighted by atomic mass is 32.1. The summed E-state index contributed by atoms with van der Waals surface area (Å²) < 4.78 is 7.35. The summed E-state index contributed by atoms with van der Waals surface area (Å²) in [5, 5.41) is 10.7. The van der Waals surface area contributed by atoms with E-state index in [1.165, 1.54) is 11.3 Å². The minimum atomic E-state index is 0.767. The van der Waals surface area contributed by atoms with Crippen LogP contribution in [0.15, 0.2) is 85.4 Å². The normalized spacial score (nSPS) is 12.2. The Labute approximate surface area is 146 Å². The number of benzene rings is 1. The van der Waals surface area contributed by atoms with Crippen molar-refractivity contribution >= 4 is 34.6 Å². The van der Waals surface area contributed by atoms with Crippen molar-refractivity contribution in [2.24, 2.45) is 10.1 Å². The number of furan rings is 1. The van der Waals surface area contributed by atoms with Crippen LogP contribution in [-0.4, -0.2) is 10.9 Å². The van der Waals surface area contributed by atoms with Gasteiger partial charge in [0.2, 0.25) is 4.80 Å². The Morgan fingerprint density at radius 2 is 1.92 bits per heavy atom. The minimum absolute atomic E-state index is 0.767. The fraction of sp³-hybridized carbons (Fsp3) is 0. The molecule has 4 rings (SSSR count). The Morgan fingerprint density at radius 3 is 2.67 bits per heavy atom. The average molecular weight is 351 g/mol.